The van der Waals surface area contributed by atoms with Crippen molar-refractivity contribution in [3.05, 3.63) is 0 Å². The van der Waals surface area contributed by atoms with Gasteiger partial charge < -0.3 is 39.2 Å². The fourth-order valence-electron chi connectivity index (χ4n) is 3.71. The average molecular weight is 376 g/mol. The molecule has 3 aliphatic rings. The van der Waals surface area contributed by atoms with E-state index in [9.17, 15) is 15.3 Å². The normalized spacial score (nSPS) is 37.6. The predicted octanol–water partition coefficient (Wildman–Crippen LogP) is -1.79. The second-order valence-electron chi connectivity index (χ2n) is 7.87. The van der Waals surface area contributed by atoms with Crippen molar-refractivity contribution >= 4 is 0 Å². The highest BCUT2D eigenvalue weighted by atomic mass is 16.8. The van der Waals surface area contributed by atoms with E-state index in [2.05, 4.69) is 16.8 Å². The van der Waals surface area contributed by atoms with Gasteiger partial charge in [-0.05, 0) is 20.9 Å². The summed E-state index contributed by atoms with van der Waals surface area (Å²) in [6, 6.07) is 0. The zero-order valence-electron chi connectivity index (χ0n) is 15.8. The predicted molar refractivity (Wildman–Crippen MR) is 91.5 cm³/mol. The Labute approximate surface area is 154 Å². The molecule has 0 aromatic heterocycles. The Hall–Kier alpha value is -0.360. The van der Waals surface area contributed by atoms with Crippen molar-refractivity contribution in [2.75, 3.05) is 53.0 Å². The number of rotatable bonds is 7. The van der Waals surface area contributed by atoms with E-state index in [-0.39, 0.29) is 6.61 Å². The van der Waals surface area contributed by atoms with Crippen LogP contribution in [-0.2, 0) is 18.9 Å². The molecule has 3 aliphatic heterocycles. The molecule has 3 saturated heterocycles. The van der Waals surface area contributed by atoms with Gasteiger partial charge in [0.15, 0.2) is 12.1 Å². The van der Waals surface area contributed by atoms with Crippen LogP contribution in [0.25, 0.3) is 0 Å². The maximum atomic E-state index is 10.3. The molecule has 0 amide bonds. The zero-order chi connectivity index (χ0) is 18.9. The molecule has 0 aliphatic carbocycles. The van der Waals surface area contributed by atoms with Gasteiger partial charge >= 0.3 is 0 Å². The Morgan fingerprint density at radius 2 is 1.85 bits per heavy atom. The molecular weight excluding hydrogens is 344 g/mol. The molecule has 1 unspecified atom stereocenters. The maximum Gasteiger partial charge on any atom is 0.190 e. The molecule has 3 N–H and O–H groups in total. The van der Waals surface area contributed by atoms with Crippen molar-refractivity contribution in [3.8, 4) is 0 Å². The van der Waals surface area contributed by atoms with Gasteiger partial charge in [-0.3, -0.25) is 4.90 Å². The largest absolute Gasteiger partial charge is 0.394 e. The molecule has 152 valence electrons. The van der Waals surface area contributed by atoms with Crippen LogP contribution in [0.2, 0.25) is 0 Å². The summed E-state index contributed by atoms with van der Waals surface area (Å²) in [7, 11) is 2.09. The van der Waals surface area contributed by atoms with Crippen LogP contribution in [-0.4, -0.2) is 121 Å². The summed E-state index contributed by atoms with van der Waals surface area (Å²) in [6.45, 7) is 7.56. The van der Waals surface area contributed by atoms with Crippen LogP contribution < -0.4 is 0 Å². The van der Waals surface area contributed by atoms with Gasteiger partial charge in [0.2, 0.25) is 0 Å². The minimum absolute atomic E-state index is 0.0992. The van der Waals surface area contributed by atoms with Gasteiger partial charge in [-0.2, -0.15) is 0 Å². The highest BCUT2D eigenvalue weighted by Crippen LogP contribution is 2.39. The van der Waals surface area contributed by atoms with Crippen LogP contribution in [0, 0.1) is 0 Å². The molecule has 0 bridgehead atoms. The summed E-state index contributed by atoms with van der Waals surface area (Å²) >= 11 is 0. The van der Waals surface area contributed by atoms with E-state index in [1.807, 2.05) is 0 Å². The highest BCUT2D eigenvalue weighted by Gasteiger charge is 2.57. The lowest BCUT2D eigenvalue weighted by atomic mass is 10.1. The van der Waals surface area contributed by atoms with Gasteiger partial charge in [0, 0.05) is 32.7 Å². The van der Waals surface area contributed by atoms with Crippen LogP contribution in [0.15, 0.2) is 0 Å². The maximum absolute atomic E-state index is 10.3. The summed E-state index contributed by atoms with van der Waals surface area (Å²) in [4.78, 5) is 4.47. The first-order valence-corrected chi connectivity index (χ1v) is 9.29. The number of hydrogen-bond acceptors (Lipinski definition) is 9. The number of aliphatic hydroxyl groups excluding tert-OH is 3. The molecule has 6 atom stereocenters. The molecule has 0 saturated carbocycles. The number of ether oxygens (including phenoxy) is 4. The summed E-state index contributed by atoms with van der Waals surface area (Å²) < 4.78 is 23.1. The topological polar surface area (TPSA) is 104 Å². The molecule has 26 heavy (non-hydrogen) atoms. The van der Waals surface area contributed by atoms with Gasteiger partial charge in [-0.25, -0.2) is 0 Å². The molecule has 0 radical (unpaired) electrons. The molecule has 3 fully saturated rings. The first-order valence-electron chi connectivity index (χ1n) is 9.29. The van der Waals surface area contributed by atoms with E-state index in [0.29, 0.717) is 6.54 Å². The third-order valence-corrected chi connectivity index (χ3v) is 5.14. The lowest BCUT2D eigenvalue weighted by Crippen LogP contribution is -2.49. The second-order valence-corrected chi connectivity index (χ2v) is 7.87. The summed E-state index contributed by atoms with van der Waals surface area (Å²) in [5, 5.41) is 29.6. The molecule has 3 heterocycles. The van der Waals surface area contributed by atoms with Gasteiger partial charge in [0.05, 0.1) is 19.3 Å². The second kappa shape index (κ2) is 8.34. The zero-order valence-corrected chi connectivity index (χ0v) is 15.8. The minimum Gasteiger partial charge on any atom is -0.394 e. The number of fused-ring (bicyclic) bond motifs is 1. The van der Waals surface area contributed by atoms with E-state index >= 15 is 0 Å². The fourth-order valence-corrected chi connectivity index (χ4v) is 3.71. The Morgan fingerprint density at radius 3 is 2.50 bits per heavy atom. The van der Waals surface area contributed by atoms with Gasteiger partial charge in [-0.15, -0.1) is 0 Å². The summed E-state index contributed by atoms with van der Waals surface area (Å²) in [5.41, 5.74) is 0. The Morgan fingerprint density at radius 1 is 1.15 bits per heavy atom. The Bertz CT molecular complexity index is 458. The van der Waals surface area contributed by atoms with E-state index in [1.165, 1.54) is 0 Å². The van der Waals surface area contributed by atoms with Crippen molar-refractivity contribution < 1.29 is 34.3 Å². The molecular formula is C17H32N2O7. The van der Waals surface area contributed by atoms with Crippen LogP contribution in [0.4, 0.5) is 0 Å². The SMILES string of the molecule is CN1CCN(CC(O)CO[C@@H]2[C@H]3OC(C)(C)O[C@H]3O[C@@H]2[C@H](O)CO)CC1. The Kier molecular flexibility index (Phi) is 6.53. The molecule has 0 aromatic rings. The summed E-state index contributed by atoms with van der Waals surface area (Å²) in [6.07, 6.45) is -4.30. The lowest BCUT2D eigenvalue weighted by Gasteiger charge is -2.34. The third kappa shape index (κ3) is 4.73. The number of piperazine rings is 1. The van der Waals surface area contributed by atoms with Crippen LogP contribution in [0.1, 0.15) is 13.8 Å². The van der Waals surface area contributed by atoms with Gasteiger partial charge in [-0.1, -0.05) is 0 Å². The summed E-state index contributed by atoms with van der Waals surface area (Å²) in [5.74, 6) is -0.801. The van der Waals surface area contributed by atoms with Crippen molar-refractivity contribution in [1.29, 1.82) is 0 Å². The monoisotopic (exact) mass is 376 g/mol. The fraction of sp³-hybridized carbons (Fsp3) is 1.00. The number of hydrogen-bond donors (Lipinski definition) is 3. The lowest BCUT2D eigenvalue weighted by molar-refractivity contribution is -0.232. The Balaban J connectivity index is 1.53. The number of likely N-dealkylation sites (N-methyl/N-ethyl adjacent to an activating group) is 1. The number of β-amino-alcohol motifs (C(OH)–C–C–N with tert-alkyl or cyclic N) is 1. The van der Waals surface area contributed by atoms with Crippen LogP contribution >= 0.6 is 0 Å². The standard InChI is InChI=1S/C17H32N2O7/c1-17(2)25-15-14(13(12(22)9-20)24-16(15)26-17)23-10-11(21)8-19-6-4-18(3)5-7-19/h11-16,20-22H,4-10H2,1-3H3/t11?,12-,13-,14+,15-,16-/m1/s1. The van der Waals surface area contributed by atoms with Crippen molar-refractivity contribution in [1.82, 2.24) is 9.80 Å². The molecule has 3 rings (SSSR count). The highest BCUT2D eigenvalue weighted by molar-refractivity contribution is 4.97. The smallest absolute Gasteiger partial charge is 0.190 e. The number of aliphatic hydroxyl groups is 3. The quantitative estimate of drug-likeness (QED) is 0.475. The third-order valence-electron chi connectivity index (χ3n) is 5.14. The first-order chi connectivity index (χ1) is 12.3. The molecule has 9 nitrogen and oxygen atoms in total. The van der Waals surface area contributed by atoms with Crippen molar-refractivity contribution in [2.24, 2.45) is 0 Å². The van der Waals surface area contributed by atoms with E-state index < -0.39 is 49.2 Å². The van der Waals surface area contributed by atoms with Gasteiger partial charge in [0.1, 0.15) is 24.4 Å². The molecule has 0 spiro atoms. The van der Waals surface area contributed by atoms with E-state index in [1.54, 1.807) is 13.8 Å². The van der Waals surface area contributed by atoms with Gasteiger partial charge in [0.25, 0.3) is 0 Å². The molecule has 0 aromatic carbocycles. The first kappa shape index (κ1) is 20.4. The number of nitrogens with zero attached hydrogens (tertiary/aromatic N) is 2. The van der Waals surface area contributed by atoms with E-state index in [0.717, 1.165) is 26.2 Å². The van der Waals surface area contributed by atoms with Crippen molar-refractivity contribution in [2.45, 2.75) is 56.4 Å². The molecule has 9 heteroatoms. The van der Waals surface area contributed by atoms with Crippen molar-refractivity contribution in [3.63, 3.8) is 0 Å². The average Bonchev–Trinajstić information content (AvgIpc) is 3.06. The van der Waals surface area contributed by atoms with Crippen LogP contribution in [0.3, 0.4) is 0 Å². The van der Waals surface area contributed by atoms with E-state index in [4.69, 9.17) is 18.9 Å². The van der Waals surface area contributed by atoms with Crippen LogP contribution in [0.5, 0.6) is 0 Å². The minimum atomic E-state index is -1.10.